The number of carbonyl (C=O) groups excluding carboxylic acids is 2. The first kappa shape index (κ1) is 14.4. The number of amides is 1. The van der Waals surface area contributed by atoms with E-state index in [1.54, 1.807) is 36.3 Å². The fourth-order valence-corrected chi connectivity index (χ4v) is 2.64. The standard InChI is InChI=1S/C17H15FN2O2/c1-20-7-6-15(17(20)22)16(21)13-8-12(9-19-10-13)11-2-4-14(18)5-3-11/h2-5,8-10,15H,6-7H2,1H3. The minimum Gasteiger partial charge on any atom is -0.345 e. The van der Waals surface area contributed by atoms with Crippen molar-refractivity contribution in [3.05, 3.63) is 54.1 Å². The van der Waals surface area contributed by atoms with E-state index in [4.69, 9.17) is 0 Å². The Hall–Kier alpha value is -2.56. The van der Waals surface area contributed by atoms with Gasteiger partial charge in [-0.25, -0.2) is 4.39 Å². The molecule has 1 aromatic carbocycles. The Balaban J connectivity index is 1.89. The molecule has 5 heteroatoms. The van der Waals surface area contributed by atoms with Gasteiger partial charge in [0.2, 0.25) is 5.91 Å². The number of Topliss-reactive ketones (excluding diaryl/α,β-unsaturated/α-hetero) is 1. The van der Waals surface area contributed by atoms with E-state index in [9.17, 15) is 14.0 Å². The molecular formula is C17H15FN2O2. The molecule has 1 atom stereocenters. The van der Waals surface area contributed by atoms with Gasteiger partial charge >= 0.3 is 0 Å². The van der Waals surface area contributed by atoms with Crippen LogP contribution in [-0.4, -0.2) is 35.2 Å². The molecule has 0 bridgehead atoms. The van der Waals surface area contributed by atoms with Crippen molar-refractivity contribution in [1.82, 2.24) is 9.88 Å². The molecule has 0 spiro atoms. The van der Waals surface area contributed by atoms with E-state index >= 15 is 0 Å². The summed E-state index contributed by atoms with van der Waals surface area (Å²) in [6.45, 7) is 0.598. The number of halogens is 1. The van der Waals surface area contributed by atoms with Crippen LogP contribution in [0.3, 0.4) is 0 Å². The third-order valence-corrected chi connectivity index (χ3v) is 3.94. The van der Waals surface area contributed by atoms with E-state index in [1.165, 1.54) is 18.3 Å². The molecule has 0 radical (unpaired) electrons. The van der Waals surface area contributed by atoms with Crippen molar-refractivity contribution < 1.29 is 14.0 Å². The molecule has 3 rings (SSSR count). The maximum atomic E-state index is 13.0. The highest BCUT2D eigenvalue weighted by molar-refractivity contribution is 6.11. The Morgan fingerprint density at radius 3 is 2.59 bits per heavy atom. The highest BCUT2D eigenvalue weighted by Crippen LogP contribution is 2.24. The summed E-state index contributed by atoms with van der Waals surface area (Å²) in [6, 6.07) is 7.69. The molecule has 1 aliphatic heterocycles. The average Bonchev–Trinajstić information content (AvgIpc) is 2.87. The van der Waals surface area contributed by atoms with Crippen molar-refractivity contribution in [3.8, 4) is 11.1 Å². The second kappa shape index (κ2) is 5.67. The third-order valence-electron chi connectivity index (χ3n) is 3.94. The number of nitrogens with zero attached hydrogens (tertiary/aromatic N) is 2. The van der Waals surface area contributed by atoms with E-state index in [1.807, 2.05) is 0 Å². The van der Waals surface area contributed by atoms with Gasteiger partial charge in [-0.1, -0.05) is 12.1 Å². The van der Waals surface area contributed by atoms with E-state index in [2.05, 4.69) is 4.98 Å². The molecule has 1 amide bonds. The maximum Gasteiger partial charge on any atom is 0.233 e. The van der Waals surface area contributed by atoms with Crippen LogP contribution in [0.1, 0.15) is 16.8 Å². The van der Waals surface area contributed by atoms with Gasteiger partial charge < -0.3 is 4.90 Å². The van der Waals surface area contributed by atoms with Crippen molar-refractivity contribution in [2.45, 2.75) is 6.42 Å². The Morgan fingerprint density at radius 1 is 1.23 bits per heavy atom. The first-order chi connectivity index (χ1) is 10.6. The number of benzene rings is 1. The number of likely N-dealkylation sites (tertiary alicyclic amines) is 1. The summed E-state index contributed by atoms with van der Waals surface area (Å²) in [5.74, 6) is -1.28. The topological polar surface area (TPSA) is 50.3 Å². The molecule has 0 saturated carbocycles. The van der Waals surface area contributed by atoms with Crippen LogP contribution in [0, 0.1) is 11.7 Å². The van der Waals surface area contributed by atoms with Gasteiger partial charge in [-0.05, 0) is 30.2 Å². The van der Waals surface area contributed by atoms with Gasteiger partial charge in [0, 0.05) is 37.1 Å². The summed E-state index contributed by atoms with van der Waals surface area (Å²) < 4.78 is 13.0. The number of pyridine rings is 1. The van der Waals surface area contributed by atoms with Gasteiger partial charge in [0.15, 0.2) is 5.78 Å². The van der Waals surface area contributed by atoms with Crippen molar-refractivity contribution in [1.29, 1.82) is 0 Å². The molecule has 22 heavy (non-hydrogen) atoms. The first-order valence-electron chi connectivity index (χ1n) is 7.06. The van der Waals surface area contributed by atoms with Crippen LogP contribution < -0.4 is 0 Å². The molecule has 1 aromatic heterocycles. The first-order valence-corrected chi connectivity index (χ1v) is 7.06. The van der Waals surface area contributed by atoms with E-state index in [0.29, 0.717) is 18.5 Å². The van der Waals surface area contributed by atoms with Crippen LogP contribution in [0.15, 0.2) is 42.7 Å². The van der Waals surface area contributed by atoms with E-state index < -0.39 is 5.92 Å². The largest absolute Gasteiger partial charge is 0.345 e. The SMILES string of the molecule is CN1CCC(C(=O)c2cncc(-c3ccc(F)cc3)c2)C1=O. The average molecular weight is 298 g/mol. The molecular weight excluding hydrogens is 283 g/mol. The summed E-state index contributed by atoms with van der Waals surface area (Å²) in [6.07, 6.45) is 3.63. The summed E-state index contributed by atoms with van der Waals surface area (Å²) in [5.41, 5.74) is 1.92. The lowest BCUT2D eigenvalue weighted by molar-refractivity contribution is -0.128. The van der Waals surface area contributed by atoms with E-state index in [-0.39, 0.29) is 17.5 Å². The molecule has 2 aromatic rings. The summed E-state index contributed by atoms with van der Waals surface area (Å²) in [7, 11) is 1.70. The lowest BCUT2D eigenvalue weighted by Gasteiger charge is -2.10. The Labute approximate surface area is 127 Å². The van der Waals surface area contributed by atoms with Crippen LogP contribution >= 0.6 is 0 Å². The number of carbonyl (C=O) groups is 2. The lowest BCUT2D eigenvalue weighted by Crippen LogP contribution is -2.27. The number of hydrogen-bond donors (Lipinski definition) is 0. The van der Waals surface area contributed by atoms with Crippen molar-refractivity contribution in [2.24, 2.45) is 5.92 Å². The summed E-state index contributed by atoms with van der Waals surface area (Å²) in [4.78, 5) is 30.1. The van der Waals surface area contributed by atoms with Crippen LogP contribution in [0.25, 0.3) is 11.1 Å². The zero-order valence-electron chi connectivity index (χ0n) is 12.1. The minimum atomic E-state index is -0.615. The van der Waals surface area contributed by atoms with Gasteiger partial charge in [-0.15, -0.1) is 0 Å². The summed E-state index contributed by atoms with van der Waals surface area (Å²) >= 11 is 0. The minimum absolute atomic E-state index is 0.141. The lowest BCUT2D eigenvalue weighted by atomic mass is 9.95. The van der Waals surface area contributed by atoms with Crippen LogP contribution in [0.2, 0.25) is 0 Å². The van der Waals surface area contributed by atoms with Gasteiger partial charge in [-0.3, -0.25) is 14.6 Å². The molecule has 2 heterocycles. The quantitative estimate of drug-likeness (QED) is 0.646. The summed E-state index contributed by atoms with van der Waals surface area (Å²) in [5, 5.41) is 0. The van der Waals surface area contributed by atoms with Crippen molar-refractivity contribution in [2.75, 3.05) is 13.6 Å². The second-order valence-corrected chi connectivity index (χ2v) is 5.43. The van der Waals surface area contributed by atoms with Gasteiger partial charge in [0.05, 0.1) is 0 Å². The predicted molar refractivity (Wildman–Crippen MR) is 79.7 cm³/mol. The smallest absolute Gasteiger partial charge is 0.233 e. The van der Waals surface area contributed by atoms with Gasteiger partial charge in [-0.2, -0.15) is 0 Å². The Morgan fingerprint density at radius 2 is 1.95 bits per heavy atom. The van der Waals surface area contributed by atoms with Crippen LogP contribution in [0.5, 0.6) is 0 Å². The molecule has 1 saturated heterocycles. The number of hydrogen-bond acceptors (Lipinski definition) is 3. The fraction of sp³-hybridized carbons (Fsp3) is 0.235. The maximum absolute atomic E-state index is 13.0. The molecule has 0 N–H and O–H groups in total. The second-order valence-electron chi connectivity index (χ2n) is 5.43. The van der Waals surface area contributed by atoms with Crippen LogP contribution in [-0.2, 0) is 4.79 Å². The van der Waals surface area contributed by atoms with Crippen molar-refractivity contribution in [3.63, 3.8) is 0 Å². The monoisotopic (exact) mass is 298 g/mol. The Kier molecular flexibility index (Phi) is 3.71. The third kappa shape index (κ3) is 2.62. The predicted octanol–water partition coefficient (Wildman–Crippen LogP) is 2.55. The van der Waals surface area contributed by atoms with Gasteiger partial charge in [0.25, 0.3) is 0 Å². The normalized spacial score (nSPS) is 17.8. The molecule has 1 aliphatic rings. The molecule has 4 nitrogen and oxygen atoms in total. The van der Waals surface area contributed by atoms with Crippen LogP contribution in [0.4, 0.5) is 4.39 Å². The molecule has 1 unspecified atom stereocenters. The highest BCUT2D eigenvalue weighted by atomic mass is 19.1. The molecule has 0 aliphatic carbocycles. The Bertz CT molecular complexity index is 728. The van der Waals surface area contributed by atoms with E-state index in [0.717, 1.165) is 11.1 Å². The number of rotatable bonds is 3. The zero-order chi connectivity index (χ0) is 15.7. The molecule has 112 valence electrons. The van der Waals surface area contributed by atoms with Gasteiger partial charge in [0.1, 0.15) is 11.7 Å². The number of ketones is 1. The zero-order valence-corrected chi connectivity index (χ0v) is 12.1. The molecule has 1 fully saturated rings. The fourth-order valence-electron chi connectivity index (χ4n) is 2.64. The van der Waals surface area contributed by atoms with Crippen molar-refractivity contribution >= 4 is 11.7 Å². The highest BCUT2D eigenvalue weighted by Gasteiger charge is 2.35. The number of aromatic nitrogens is 1.